The van der Waals surface area contributed by atoms with E-state index in [1.807, 2.05) is 0 Å². The van der Waals surface area contributed by atoms with Crippen molar-refractivity contribution in [3.05, 3.63) is 86.2 Å². The summed E-state index contributed by atoms with van der Waals surface area (Å²) < 4.78 is 44.3. The summed E-state index contributed by atoms with van der Waals surface area (Å²) in [6.07, 6.45) is -4.47. The highest BCUT2D eigenvalue weighted by Crippen LogP contribution is 2.29. The largest absolute Gasteiger partial charge is 0.465 e. The lowest BCUT2D eigenvalue weighted by atomic mass is 10.1. The van der Waals surface area contributed by atoms with Gasteiger partial charge >= 0.3 is 23.5 Å². The zero-order valence-electron chi connectivity index (χ0n) is 14.5. The maximum absolute atomic E-state index is 12.6. The number of hydrogen-bond donors (Lipinski definition) is 1. The van der Waals surface area contributed by atoms with Crippen LogP contribution in [0.3, 0.4) is 0 Å². The highest BCUT2D eigenvalue weighted by atomic mass is 19.4. The Morgan fingerprint density at radius 3 is 2.18 bits per heavy atom. The number of aromatic nitrogens is 3. The van der Waals surface area contributed by atoms with E-state index < -0.39 is 29.1 Å². The number of rotatable bonds is 4. The first-order valence-electron chi connectivity index (χ1n) is 7.97. The van der Waals surface area contributed by atoms with E-state index in [0.717, 1.165) is 21.4 Å². The van der Waals surface area contributed by atoms with Crippen LogP contribution in [-0.4, -0.2) is 27.4 Å². The van der Waals surface area contributed by atoms with Gasteiger partial charge in [-0.2, -0.15) is 13.2 Å². The van der Waals surface area contributed by atoms with Crippen LogP contribution in [-0.2, 0) is 17.5 Å². The smallest absolute Gasteiger partial charge is 0.416 e. The van der Waals surface area contributed by atoms with Crippen LogP contribution < -0.4 is 11.4 Å². The molecule has 0 saturated heterocycles. The van der Waals surface area contributed by atoms with Gasteiger partial charge in [0.25, 0.3) is 0 Å². The number of benzene rings is 2. The van der Waals surface area contributed by atoms with E-state index in [1.165, 1.54) is 43.5 Å². The second-order valence-electron chi connectivity index (χ2n) is 5.85. The molecule has 3 aromatic rings. The number of esters is 1. The van der Waals surface area contributed by atoms with E-state index in [2.05, 4.69) is 9.84 Å². The zero-order chi connectivity index (χ0) is 20.5. The van der Waals surface area contributed by atoms with Crippen LogP contribution >= 0.6 is 0 Å². The molecular weight excluding hydrogens is 379 g/mol. The standard InChI is InChI=1S/C18H14F3N3O4/c1-28-15(25)12-4-8-14(9-5-12)24-17(27)23(16(26)22-24)10-11-2-6-13(7-3-11)18(19,20)21/h2-9H,10H2,1H3,(H,22,26). The average molecular weight is 393 g/mol. The van der Waals surface area contributed by atoms with Crippen molar-refractivity contribution in [1.29, 1.82) is 0 Å². The number of methoxy groups -OCH3 is 1. The molecule has 0 saturated carbocycles. The van der Waals surface area contributed by atoms with Crippen molar-refractivity contribution in [2.24, 2.45) is 0 Å². The normalized spacial score (nSPS) is 11.4. The number of H-pyrrole nitrogens is 1. The summed E-state index contributed by atoms with van der Waals surface area (Å²) in [6, 6.07) is 9.94. The molecule has 0 unspecified atom stereocenters. The minimum atomic E-state index is -4.47. The third-order valence-electron chi connectivity index (χ3n) is 4.04. The lowest BCUT2D eigenvalue weighted by Gasteiger charge is -2.07. The Bertz CT molecular complexity index is 1110. The predicted octanol–water partition coefficient (Wildman–Crippen LogP) is 2.18. The van der Waals surface area contributed by atoms with Crippen molar-refractivity contribution in [3.63, 3.8) is 0 Å². The number of hydrogen-bond acceptors (Lipinski definition) is 4. The first-order valence-corrected chi connectivity index (χ1v) is 7.97. The molecule has 0 bridgehead atoms. The minimum absolute atomic E-state index is 0.195. The molecule has 10 heteroatoms. The van der Waals surface area contributed by atoms with Gasteiger partial charge in [-0.05, 0) is 42.0 Å². The molecule has 28 heavy (non-hydrogen) atoms. The second-order valence-corrected chi connectivity index (χ2v) is 5.85. The summed E-state index contributed by atoms with van der Waals surface area (Å²) in [5.41, 5.74) is -1.30. The van der Waals surface area contributed by atoms with Gasteiger partial charge in [0.15, 0.2) is 0 Å². The third-order valence-corrected chi connectivity index (χ3v) is 4.04. The summed E-state index contributed by atoms with van der Waals surface area (Å²) in [4.78, 5) is 36.1. The Morgan fingerprint density at radius 1 is 1.04 bits per heavy atom. The van der Waals surface area contributed by atoms with Gasteiger partial charge in [0.05, 0.1) is 30.5 Å². The van der Waals surface area contributed by atoms with Crippen molar-refractivity contribution < 1.29 is 22.7 Å². The van der Waals surface area contributed by atoms with Gasteiger partial charge in [0, 0.05) is 0 Å². The Kier molecular flexibility index (Phi) is 4.95. The number of carbonyl (C=O) groups is 1. The van der Waals surface area contributed by atoms with Gasteiger partial charge in [-0.25, -0.2) is 28.7 Å². The van der Waals surface area contributed by atoms with Crippen LogP contribution in [0.2, 0.25) is 0 Å². The summed E-state index contributed by atoms with van der Waals surface area (Å²) in [5, 5.41) is 2.36. The van der Waals surface area contributed by atoms with Crippen LogP contribution in [0.25, 0.3) is 5.69 Å². The Morgan fingerprint density at radius 2 is 1.64 bits per heavy atom. The molecule has 0 radical (unpaired) electrons. The summed E-state index contributed by atoms with van der Waals surface area (Å²) in [7, 11) is 1.24. The SMILES string of the molecule is COC(=O)c1ccc(-n2[nH]c(=O)n(Cc3ccc(C(F)(F)F)cc3)c2=O)cc1. The van der Waals surface area contributed by atoms with E-state index in [9.17, 15) is 27.6 Å². The molecule has 0 aliphatic carbocycles. The summed E-state index contributed by atoms with van der Waals surface area (Å²) >= 11 is 0. The molecule has 3 rings (SSSR count). The minimum Gasteiger partial charge on any atom is -0.465 e. The number of halogens is 3. The molecule has 7 nitrogen and oxygen atoms in total. The maximum Gasteiger partial charge on any atom is 0.416 e. The predicted molar refractivity (Wildman–Crippen MR) is 92.5 cm³/mol. The molecule has 0 aliphatic heterocycles. The first kappa shape index (κ1) is 19.2. The molecule has 146 valence electrons. The molecule has 1 heterocycles. The number of ether oxygens (including phenoxy) is 1. The first-order chi connectivity index (χ1) is 13.2. The average Bonchev–Trinajstić information content (AvgIpc) is 2.95. The summed E-state index contributed by atoms with van der Waals surface area (Å²) in [6.45, 7) is -0.195. The monoisotopic (exact) mass is 393 g/mol. The molecule has 0 fully saturated rings. The molecule has 2 aromatic carbocycles. The van der Waals surface area contributed by atoms with E-state index in [-0.39, 0.29) is 12.1 Å². The highest BCUT2D eigenvalue weighted by Gasteiger charge is 2.30. The Labute approximate surface area is 155 Å². The van der Waals surface area contributed by atoms with Crippen molar-refractivity contribution in [2.75, 3.05) is 7.11 Å². The van der Waals surface area contributed by atoms with Crippen LogP contribution in [0.4, 0.5) is 13.2 Å². The molecule has 1 N–H and O–H groups in total. The van der Waals surface area contributed by atoms with E-state index in [1.54, 1.807) is 0 Å². The topological polar surface area (TPSA) is 86.1 Å². The number of alkyl halides is 3. The van der Waals surface area contributed by atoms with Crippen LogP contribution in [0.1, 0.15) is 21.5 Å². The fraction of sp³-hybridized carbons (Fsp3) is 0.167. The fourth-order valence-corrected chi connectivity index (χ4v) is 2.57. The van der Waals surface area contributed by atoms with Gasteiger partial charge in [0.1, 0.15) is 0 Å². The van der Waals surface area contributed by atoms with E-state index >= 15 is 0 Å². The van der Waals surface area contributed by atoms with Gasteiger partial charge < -0.3 is 4.74 Å². The molecule has 0 aliphatic rings. The highest BCUT2D eigenvalue weighted by molar-refractivity contribution is 5.89. The maximum atomic E-state index is 12.6. The number of nitrogens with one attached hydrogen (secondary N) is 1. The number of nitrogens with zero attached hydrogens (tertiary/aromatic N) is 2. The van der Waals surface area contributed by atoms with Crippen molar-refractivity contribution in [3.8, 4) is 5.69 Å². The van der Waals surface area contributed by atoms with E-state index in [4.69, 9.17) is 0 Å². The summed E-state index contributed by atoms with van der Waals surface area (Å²) in [5.74, 6) is -0.549. The number of carbonyl (C=O) groups excluding carboxylic acids is 1. The lowest BCUT2D eigenvalue weighted by Crippen LogP contribution is -2.29. The molecular formula is C18H14F3N3O4. The zero-order valence-corrected chi connectivity index (χ0v) is 14.5. The Hall–Kier alpha value is -3.56. The molecule has 0 spiro atoms. The fourth-order valence-electron chi connectivity index (χ4n) is 2.57. The Balaban J connectivity index is 1.89. The van der Waals surface area contributed by atoms with Gasteiger partial charge in [-0.1, -0.05) is 12.1 Å². The van der Waals surface area contributed by atoms with Crippen LogP contribution in [0, 0.1) is 0 Å². The van der Waals surface area contributed by atoms with Crippen molar-refractivity contribution in [1.82, 2.24) is 14.3 Å². The van der Waals surface area contributed by atoms with Gasteiger partial charge in [-0.3, -0.25) is 0 Å². The van der Waals surface area contributed by atoms with Gasteiger partial charge in [-0.15, -0.1) is 0 Å². The molecule has 0 amide bonds. The second kappa shape index (κ2) is 7.22. The van der Waals surface area contributed by atoms with Crippen molar-refractivity contribution in [2.45, 2.75) is 12.7 Å². The van der Waals surface area contributed by atoms with Crippen molar-refractivity contribution >= 4 is 5.97 Å². The molecule has 1 aromatic heterocycles. The number of aromatic amines is 1. The van der Waals surface area contributed by atoms with Gasteiger partial charge in [0.2, 0.25) is 0 Å². The quantitative estimate of drug-likeness (QED) is 0.689. The van der Waals surface area contributed by atoms with Crippen LogP contribution in [0.15, 0.2) is 58.1 Å². The van der Waals surface area contributed by atoms with E-state index in [0.29, 0.717) is 11.3 Å². The van der Waals surface area contributed by atoms with Crippen LogP contribution in [0.5, 0.6) is 0 Å². The lowest BCUT2D eigenvalue weighted by molar-refractivity contribution is -0.137. The molecule has 0 atom stereocenters. The third kappa shape index (κ3) is 3.75.